The first-order chi connectivity index (χ1) is 12.4. The number of hydrogen-bond donors (Lipinski definition) is 0. The van der Waals surface area contributed by atoms with E-state index in [2.05, 4.69) is 73.2 Å². The Morgan fingerprint density at radius 3 is 2.11 bits per heavy atom. The van der Waals surface area contributed by atoms with Crippen LogP contribution >= 0.6 is 7.75 Å². The fraction of sp³-hybridized carbons (Fsp3) is 0.810. The maximum Gasteiger partial charge on any atom is 0.442 e. The molecule has 1 atom stereocenters. The van der Waals surface area contributed by atoms with E-state index in [9.17, 15) is 4.57 Å². The third-order valence-corrected chi connectivity index (χ3v) is 11.4. The highest BCUT2D eigenvalue weighted by molar-refractivity contribution is 7.51. The maximum absolute atomic E-state index is 13.2. The van der Waals surface area contributed by atoms with Gasteiger partial charge in [-0.2, -0.15) is 0 Å². The molecule has 1 unspecified atom stereocenters. The third-order valence-electron chi connectivity index (χ3n) is 5.16. The lowest BCUT2D eigenvalue weighted by Gasteiger charge is -2.41. The normalized spacial score (nSPS) is 20.6. The van der Waals surface area contributed by atoms with Crippen molar-refractivity contribution in [3.63, 3.8) is 0 Å². The summed E-state index contributed by atoms with van der Waals surface area (Å²) in [6, 6.07) is 3.04. The van der Waals surface area contributed by atoms with Gasteiger partial charge in [-0.15, -0.1) is 6.58 Å². The maximum atomic E-state index is 13.2. The van der Waals surface area contributed by atoms with Crippen molar-refractivity contribution in [2.75, 3.05) is 19.8 Å². The molecule has 1 rings (SSSR count). The number of nitrogens with zero attached hydrogens (tertiary/aromatic N) is 1. The van der Waals surface area contributed by atoms with Gasteiger partial charge in [-0.05, 0) is 29.5 Å². The van der Waals surface area contributed by atoms with E-state index in [1.54, 1.807) is 6.08 Å². The van der Waals surface area contributed by atoms with Crippen LogP contribution in [0.25, 0.3) is 0 Å². The van der Waals surface area contributed by atoms with Crippen LogP contribution in [0.15, 0.2) is 12.7 Å². The van der Waals surface area contributed by atoms with Crippen LogP contribution in [0.1, 0.15) is 55.4 Å². The van der Waals surface area contributed by atoms with Gasteiger partial charge in [0, 0.05) is 11.5 Å². The average molecular weight is 430 g/mol. The van der Waals surface area contributed by atoms with Crippen LogP contribution in [0, 0.1) is 22.8 Å². The third kappa shape index (κ3) is 6.74. The summed E-state index contributed by atoms with van der Waals surface area (Å²) in [6.07, 6.45) is 1.36. The molecule has 0 N–H and O–H groups in total. The van der Waals surface area contributed by atoms with Gasteiger partial charge in [0.15, 0.2) is 8.32 Å². The predicted octanol–water partition coefficient (Wildman–Crippen LogP) is 6.05. The van der Waals surface area contributed by atoms with Gasteiger partial charge in [0.25, 0.3) is 0 Å². The summed E-state index contributed by atoms with van der Waals surface area (Å²) in [4.78, 5) is 0. The van der Waals surface area contributed by atoms with Crippen molar-refractivity contribution in [1.29, 1.82) is 0 Å². The highest BCUT2D eigenvalue weighted by Gasteiger charge is 2.43. The molecule has 0 saturated carbocycles. The molecule has 0 aromatic carbocycles. The lowest BCUT2D eigenvalue weighted by molar-refractivity contribution is 0.0277. The Kier molecular flexibility index (Phi) is 7.87. The van der Waals surface area contributed by atoms with E-state index in [4.69, 9.17) is 13.5 Å². The van der Waals surface area contributed by atoms with Crippen LogP contribution < -0.4 is 0 Å². The van der Waals surface area contributed by atoms with Crippen LogP contribution in [0.2, 0.25) is 18.1 Å². The largest absolute Gasteiger partial charge is 0.442 e. The SMILES string of the molecule is C=CCN(C#CC(O[Si](C)(C)C(C)(C)C)C(C)(C)C)P1(=O)OCC(C)(C)CO1. The molecule has 1 saturated heterocycles. The molecule has 1 fully saturated rings. The Labute approximate surface area is 173 Å². The molecule has 28 heavy (non-hydrogen) atoms. The molecule has 7 heteroatoms. The topological polar surface area (TPSA) is 48.0 Å². The first-order valence-corrected chi connectivity index (χ1v) is 14.3. The Morgan fingerprint density at radius 2 is 1.71 bits per heavy atom. The zero-order chi connectivity index (χ0) is 22.0. The van der Waals surface area contributed by atoms with E-state index in [1.165, 1.54) is 4.67 Å². The predicted molar refractivity (Wildman–Crippen MR) is 119 cm³/mol. The lowest BCUT2D eigenvalue weighted by atomic mass is 9.90. The van der Waals surface area contributed by atoms with Crippen molar-refractivity contribution in [2.45, 2.75) is 79.6 Å². The van der Waals surface area contributed by atoms with E-state index in [0.29, 0.717) is 19.8 Å². The Hall–Kier alpha value is -0.573. The molecule has 0 aromatic rings. The highest BCUT2D eigenvalue weighted by atomic mass is 31.2. The molecule has 0 aliphatic carbocycles. The quantitative estimate of drug-likeness (QED) is 0.175. The zero-order valence-corrected chi connectivity index (χ0v) is 21.4. The van der Waals surface area contributed by atoms with E-state index in [0.717, 1.165) is 0 Å². The van der Waals surface area contributed by atoms with Gasteiger partial charge in [-0.1, -0.05) is 61.5 Å². The van der Waals surface area contributed by atoms with E-state index in [-0.39, 0.29) is 22.0 Å². The minimum Gasteiger partial charge on any atom is -0.403 e. The van der Waals surface area contributed by atoms with Crippen molar-refractivity contribution in [2.24, 2.45) is 10.8 Å². The molecule has 0 amide bonds. The van der Waals surface area contributed by atoms with Crippen molar-refractivity contribution >= 4 is 16.1 Å². The minimum absolute atomic E-state index is 0.0763. The fourth-order valence-corrected chi connectivity index (χ4v) is 5.32. The second-order valence-corrected chi connectivity index (χ2v) is 17.6. The van der Waals surface area contributed by atoms with Crippen LogP contribution in [0.3, 0.4) is 0 Å². The van der Waals surface area contributed by atoms with E-state index in [1.807, 2.05) is 13.8 Å². The highest BCUT2D eigenvalue weighted by Crippen LogP contribution is 2.56. The molecule has 162 valence electrons. The first-order valence-electron chi connectivity index (χ1n) is 9.91. The first kappa shape index (κ1) is 25.5. The molecule has 0 bridgehead atoms. The average Bonchev–Trinajstić information content (AvgIpc) is 2.51. The summed E-state index contributed by atoms with van der Waals surface area (Å²) >= 11 is 0. The fourth-order valence-electron chi connectivity index (χ4n) is 2.09. The van der Waals surface area contributed by atoms with Crippen LogP contribution in [0.5, 0.6) is 0 Å². The Morgan fingerprint density at radius 1 is 1.21 bits per heavy atom. The second-order valence-electron chi connectivity index (χ2n) is 10.9. The van der Waals surface area contributed by atoms with Crippen LogP contribution in [0.4, 0.5) is 0 Å². The molecule has 1 aliphatic rings. The van der Waals surface area contributed by atoms with Gasteiger partial charge < -0.3 is 4.43 Å². The Bertz CT molecular complexity index is 651. The monoisotopic (exact) mass is 429 g/mol. The van der Waals surface area contributed by atoms with E-state index < -0.39 is 16.1 Å². The molecular weight excluding hydrogens is 389 g/mol. The molecule has 1 heterocycles. The Balaban J connectivity index is 3.16. The van der Waals surface area contributed by atoms with Gasteiger partial charge in [0.1, 0.15) is 6.10 Å². The zero-order valence-electron chi connectivity index (χ0n) is 19.5. The lowest BCUT2D eigenvalue weighted by Crippen LogP contribution is -2.47. The van der Waals surface area contributed by atoms with Crippen molar-refractivity contribution in [3.8, 4) is 12.0 Å². The summed E-state index contributed by atoms with van der Waals surface area (Å²) in [7, 11) is -5.49. The summed E-state index contributed by atoms with van der Waals surface area (Å²) in [6.45, 7) is 26.2. The van der Waals surface area contributed by atoms with Crippen molar-refractivity contribution in [3.05, 3.63) is 12.7 Å². The summed E-state index contributed by atoms with van der Waals surface area (Å²) in [5.41, 5.74) is -0.353. The second kappa shape index (κ2) is 8.66. The molecule has 1 aliphatic heterocycles. The smallest absolute Gasteiger partial charge is 0.403 e. The minimum atomic E-state index is -3.47. The standard InChI is InChI=1S/C21H40NO4PSi/c1-12-14-22(27(23)24-16-21(8,9)17-25-27)15-13-18(19(2,3)4)26-28(10,11)20(5,6)7/h12,18H,1,14,16-17H2,2-11H3. The van der Waals surface area contributed by atoms with Crippen molar-refractivity contribution in [1.82, 2.24) is 4.67 Å². The van der Waals surface area contributed by atoms with Gasteiger partial charge in [0.2, 0.25) is 0 Å². The molecular formula is C21H40NO4PSi. The van der Waals surface area contributed by atoms with Gasteiger partial charge in [-0.25, -0.2) is 9.24 Å². The molecule has 0 radical (unpaired) electrons. The number of rotatable bonds is 5. The molecule has 5 nitrogen and oxygen atoms in total. The van der Waals surface area contributed by atoms with Gasteiger partial charge >= 0.3 is 7.75 Å². The summed E-state index contributed by atoms with van der Waals surface area (Å²) in [5.74, 6) is 3.22. The summed E-state index contributed by atoms with van der Waals surface area (Å²) in [5, 5.41) is 0.0763. The molecule has 0 aromatic heterocycles. The van der Waals surface area contributed by atoms with Crippen LogP contribution in [-0.2, 0) is 18.0 Å². The number of hydrogen-bond acceptors (Lipinski definition) is 4. The van der Waals surface area contributed by atoms with Gasteiger partial charge in [0.05, 0.1) is 19.8 Å². The van der Waals surface area contributed by atoms with E-state index >= 15 is 0 Å². The van der Waals surface area contributed by atoms with Crippen molar-refractivity contribution < 1.29 is 18.0 Å². The molecule has 0 spiro atoms. The van der Waals surface area contributed by atoms with Gasteiger partial charge in [-0.3, -0.25) is 9.05 Å². The summed E-state index contributed by atoms with van der Waals surface area (Å²) < 4.78 is 32.5. The van der Waals surface area contributed by atoms with Crippen LogP contribution in [-0.4, -0.2) is 38.9 Å².